The fourth-order valence-corrected chi connectivity index (χ4v) is 2.92. The fraction of sp³-hybridized carbons (Fsp3) is 0.500. The Morgan fingerprint density at radius 2 is 2.00 bits per heavy atom. The number of nitrogens with zero attached hydrogens (tertiary/aromatic N) is 1. The van der Waals surface area contributed by atoms with Gasteiger partial charge in [0.25, 0.3) is 0 Å². The van der Waals surface area contributed by atoms with Crippen LogP contribution in [-0.4, -0.2) is 47.7 Å². The quantitative estimate of drug-likeness (QED) is 0.908. The lowest BCUT2D eigenvalue weighted by Crippen LogP contribution is -2.51. The number of carbonyl (C=O) groups excluding carboxylic acids is 1. The molecule has 21 heavy (non-hydrogen) atoms. The molecule has 2 fully saturated rings. The predicted octanol–water partition coefficient (Wildman–Crippen LogP) is 1.32. The Kier molecular flexibility index (Phi) is 3.68. The van der Waals surface area contributed by atoms with E-state index in [1.165, 1.54) is 0 Å². The number of carbonyl (C=O) groups is 2. The minimum atomic E-state index is -1.000. The highest BCUT2D eigenvalue weighted by atomic mass is 16.5. The van der Waals surface area contributed by atoms with Crippen molar-refractivity contribution in [3.8, 4) is 0 Å². The fourth-order valence-electron chi connectivity index (χ4n) is 2.92. The molecule has 0 spiro atoms. The summed E-state index contributed by atoms with van der Waals surface area (Å²) >= 11 is 0. The molecule has 1 amide bonds. The van der Waals surface area contributed by atoms with Gasteiger partial charge in [-0.1, -0.05) is 30.3 Å². The zero-order chi connectivity index (χ0) is 14.9. The van der Waals surface area contributed by atoms with E-state index >= 15 is 0 Å². The number of carboxylic acids is 1. The first-order valence-electron chi connectivity index (χ1n) is 7.28. The molecule has 1 atom stereocenters. The summed E-state index contributed by atoms with van der Waals surface area (Å²) < 4.78 is 5.18. The lowest BCUT2D eigenvalue weighted by atomic mass is 9.94. The molecule has 1 aliphatic heterocycles. The summed E-state index contributed by atoms with van der Waals surface area (Å²) in [5.74, 6) is -0.915. The number of amides is 1. The van der Waals surface area contributed by atoms with Crippen molar-refractivity contribution in [3.05, 3.63) is 35.9 Å². The van der Waals surface area contributed by atoms with E-state index in [9.17, 15) is 9.59 Å². The van der Waals surface area contributed by atoms with E-state index in [1.54, 1.807) is 4.90 Å². The molecule has 1 N–H and O–H groups in total. The van der Waals surface area contributed by atoms with Gasteiger partial charge in [0.1, 0.15) is 0 Å². The zero-order valence-corrected chi connectivity index (χ0v) is 11.8. The Labute approximate surface area is 123 Å². The van der Waals surface area contributed by atoms with Crippen LogP contribution in [0, 0.1) is 5.41 Å². The third-order valence-corrected chi connectivity index (χ3v) is 4.32. The maximum atomic E-state index is 12.7. The average molecular weight is 289 g/mol. The Balaban J connectivity index is 1.68. The van der Waals surface area contributed by atoms with Gasteiger partial charge in [-0.15, -0.1) is 0 Å². The highest BCUT2D eigenvalue weighted by Crippen LogP contribution is 2.50. The second kappa shape index (κ2) is 5.48. The van der Waals surface area contributed by atoms with E-state index in [4.69, 9.17) is 9.84 Å². The van der Waals surface area contributed by atoms with Crippen LogP contribution < -0.4 is 0 Å². The summed E-state index contributed by atoms with van der Waals surface area (Å²) in [4.78, 5) is 25.4. The molecule has 1 aromatic rings. The third kappa shape index (κ3) is 2.93. The summed E-state index contributed by atoms with van der Waals surface area (Å²) in [5, 5.41) is 9.03. The van der Waals surface area contributed by atoms with Gasteiger partial charge in [0, 0.05) is 6.54 Å². The third-order valence-electron chi connectivity index (χ3n) is 4.32. The van der Waals surface area contributed by atoms with E-state index in [-0.39, 0.29) is 17.9 Å². The van der Waals surface area contributed by atoms with Crippen LogP contribution >= 0.6 is 0 Å². The van der Waals surface area contributed by atoms with Gasteiger partial charge in [-0.3, -0.25) is 4.79 Å². The highest BCUT2D eigenvalue weighted by Gasteiger charge is 2.52. The predicted molar refractivity (Wildman–Crippen MR) is 75.8 cm³/mol. The zero-order valence-electron chi connectivity index (χ0n) is 11.8. The molecule has 1 aromatic carbocycles. The second-order valence-corrected chi connectivity index (χ2v) is 5.89. The van der Waals surface area contributed by atoms with Crippen LogP contribution in [0.2, 0.25) is 0 Å². The Bertz CT molecular complexity index is 538. The first kappa shape index (κ1) is 14.1. The summed E-state index contributed by atoms with van der Waals surface area (Å²) in [6, 6.07) is 9.99. The molecular formula is C16H19NO4. The molecule has 1 heterocycles. The lowest BCUT2D eigenvalue weighted by molar-refractivity contribution is -0.161. The van der Waals surface area contributed by atoms with Crippen molar-refractivity contribution >= 4 is 11.9 Å². The van der Waals surface area contributed by atoms with Crippen LogP contribution in [0.5, 0.6) is 0 Å². The Morgan fingerprint density at radius 3 is 2.62 bits per heavy atom. The molecule has 1 saturated carbocycles. The molecule has 0 aromatic heterocycles. The number of benzene rings is 1. The van der Waals surface area contributed by atoms with E-state index < -0.39 is 12.1 Å². The first-order chi connectivity index (χ1) is 10.1. The van der Waals surface area contributed by atoms with Gasteiger partial charge in [0.2, 0.25) is 5.91 Å². The van der Waals surface area contributed by atoms with Crippen LogP contribution in [0.3, 0.4) is 0 Å². The van der Waals surface area contributed by atoms with Crippen molar-refractivity contribution in [2.75, 3.05) is 19.7 Å². The number of morpholine rings is 1. The van der Waals surface area contributed by atoms with Gasteiger partial charge in [0.15, 0.2) is 6.10 Å². The molecule has 1 saturated heterocycles. The molecule has 0 unspecified atom stereocenters. The maximum Gasteiger partial charge on any atom is 0.334 e. The molecule has 0 bridgehead atoms. The number of hydrogen-bond donors (Lipinski definition) is 1. The SMILES string of the molecule is O=C(O)[C@H]1CN(C(=O)C2(Cc3ccccc3)CC2)CCO1. The molecule has 5 heteroatoms. The number of rotatable bonds is 4. The highest BCUT2D eigenvalue weighted by molar-refractivity contribution is 5.86. The number of aliphatic carboxylic acids is 1. The lowest BCUT2D eigenvalue weighted by Gasteiger charge is -2.33. The first-order valence-corrected chi connectivity index (χ1v) is 7.28. The number of hydrogen-bond acceptors (Lipinski definition) is 3. The van der Waals surface area contributed by atoms with Crippen molar-refractivity contribution in [2.24, 2.45) is 5.41 Å². The van der Waals surface area contributed by atoms with Crippen LogP contribution in [0.15, 0.2) is 30.3 Å². The molecule has 2 aliphatic rings. The molecule has 3 rings (SSSR count). The summed E-state index contributed by atoms with van der Waals surface area (Å²) in [7, 11) is 0. The Morgan fingerprint density at radius 1 is 1.29 bits per heavy atom. The standard InChI is InChI=1S/C16H19NO4/c18-14(19)13-11-17(8-9-21-13)15(20)16(6-7-16)10-12-4-2-1-3-5-12/h1-5,13H,6-11H2,(H,18,19)/t13-/m1/s1. The van der Waals surface area contributed by atoms with E-state index in [0.717, 1.165) is 24.8 Å². The normalized spacial score (nSPS) is 23.6. The van der Waals surface area contributed by atoms with Crippen LogP contribution in [0.4, 0.5) is 0 Å². The van der Waals surface area contributed by atoms with Crippen molar-refractivity contribution in [3.63, 3.8) is 0 Å². The van der Waals surface area contributed by atoms with Crippen molar-refractivity contribution < 1.29 is 19.4 Å². The smallest absolute Gasteiger partial charge is 0.334 e. The van der Waals surface area contributed by atoms with Gasteiger partial charge in [-0.05, 0) is 24.8 Å². The van der Waals surface area contributed by atoms with Gasteiger partial charge in [0.05, 0.1) is 18.6 Å². The topological polar surface area (TPSA) is 66.8 Å². The van der Waals surface area contributed by atoms with Gasteiger partial charge in [-0.25, -0.2) is 4.79 Å². The second-order valence-electron chi connectivity index (χ2n) is 5.89. The number of ether oxygens (including phenoxy) is 1. The maximum absolute atomic E-state index is 12.7. The summed E-state index contributed by atoms with van der Waals surface area (Å²) in [6.07, 6.45) is 1.61. The van der Waals surface area contributed by atoms with E-state index in [0.29, 0.717) is 13.2 Å². The van der Waals surface area contributed by atoms with Crippen LogP contribution in [-0.2, 0) is 20.7 Å². The molecule has 5 nitrogen and oxygen atoms in total. The van der Waals surface area contributed by atoms with E-state index in [1.807, 2.05) is 30.3 Å². The molecule has 1 aliphatic carbocycles. The van der Waals surface area contributed by atoms with Crippen molar-refractivity contribution in [1.29, 1.82) is 0 Å². The molecule has 112 valence electrons. The van der Waals surface area contributed by atoms with Gasteiger partial charge >= 0.3 is 5.97 Å². The minimum absolute atomic E-state index is 0.0842. The molecule has 0 radical (unpaired) electrons. The Hall–Kier alpha value is -1.88. The largest absolute Gasteiger partial charge is 0.479 e. The van der Waals surface area contributed by atoms with Gasteiger partial charge in [-0.2, -0.15) is 0 Å². The summed E-state index contributed by atoms with van der Waals surface area (Å²) in [6.45, 7) is 0.938. The van der Waals surface area contributed by atoms with Gasteiger partial charge < -0.3 is 14.7 Å². The van der Waals surface area contributed by atoms with Crippen molar-refractivity contribution in [1.82, 2.24) is 4.90 Å². The number of carboxylic acid groups (broad SMARTS) is 1. The van der Waals surface area contributed by atoms with Crippen molar-refractivity contribution in [2.45, 2.75) is 25.4 Å². The minimum Gasteiger partial charge on any atom is -0.479 e. The van der Waals surface area contributed by atoms with Crippen LogP contribution in [0.1, 0.15) is 18.4 Å². The molecular weight excluding hydrogens is 270 g/mol. The van der Waals surface area contributed by atoms with E-state index in [2.05, 4.69) is 0 Å². The van der Waals surface area contributed by atoms with Crippen LogP contribution in [0.25, 0.3) is 0 Å². The average Bonchev–Trinajstić information content (AvgIpc) is 3.28. The monoisotopic (exact) mass is 289 g/mol. The summed E-state index contributed by atoms with van der Waals surface area (Å²) in [5.41, 5.74) is 0.841.